The molecular weight excluding hydrogens is 308 g/mol. The van der Waals surface area contributed by atoms with Gasteiger partial charge in [0.1, 0.15) is 11.5 Å². The second-order valence-corrected chi connectivity index (χ2v) is 8.46. The summed E-state index contributed by atoms with van der Waals surface area (Å²) in [5.74, 6) is 6.28. The van der Waals surface area contributed by atoms with Crippen LogP contribution >= 0.6 is 11.8 Å². The fourth-order valence-corrected chi connectivity index (χ4v) is 5.44. The number of morpholine rings is 1. The molecule has 3 fully saturated rings. The minimum Gasteiger partial charge on any atom is -0.464 e. The summed E-state index contributed by atoms with van der Waals surface area (Å²) in [4.78, 5) is 2.66. The zero-order chi connectivity index (χ0) is 15.7. The van der Waals surface area contributed by atoms with E-state index in [2.05, 4.69) is 41.0 Å². The van der Waals surface area contributed by atoms with Gasteiger partial charge in [-0.05, 0) is 36.6 Å². The zero-order valence-electron chi connectivity index (χ0n) is 14.1. The van der Waals surface area contributed by atoms with E-state index in [4.69, 9.17) is 9.15 Å². The van der Waals surface area contributed by atoms with Crippen LogP contribution in [0.2, 0.25) is 0 Å². The normalized spacial score (nSPS) is 34.8. The van der Waals surface area contributed by atoms with Crippen LogP contribution < -0.4 is 5.32 Å². The number of furan rings is 1. The fourth-order valence-electron chi connectivity index (χ4n) is 3.96. The maximum atomic E-state index is 6.02. The first-order valence-electron chi connectivity index (χ1n) is 8.97. The number of ether oxygens (including phenoxy) is 1. The summed E-state index contributed by atoms with van der Waals surface area (Å²) in [7, 11) is 0. The largest absolute Gasteiger partial charge is 0.464 e. The van der Waals surface area contributed by atoms with Crippen molar-refractivity contribution < 1.29 is 9.15 Å². The Kier molecular flexibility index (Phi) is 4.72. The number of nitrogens with one attached hydrogen (secondary N) is 1. The molecule has 3 aliphatic rings. The van der Waals surface area contributed by atoms with Crippen molar-refractivity contribution in [2.45, 2.75) is 37.8 Å². The molecule has 1 aromatic rings. The molecule has 3 unspecified atom stereocenters. The molecule has 1 aliphatic carbocycles. The molecule has 4 nitrogen and oxygen atoms in total. The van der Waals surface area contributed by atoms with E-state index >= 15 is 0 Å². The second kappa shape index (κ2) is 6.79. The third-order valence-corrected chi connectivity index (χ3v) is 6.91. The monoisotopic (exact) mass is 336 g/mol. The van der Waals surface area contributed by atoms with Crippen LogP contribution in [0.3, 0.4) is 0 Å². The lowest BCUT2D eigenvalue weighted by molar-refractivity contribution is -0.0135. The molecule has 0 aromatic carbocycles. The molecule has 0 amide bonds. The lowest BCUT2D eigenvalue weighted by atomic mass is 9.95. The Morgan fingerprint density at radius 3 is 2.87 bits per heavy atom. The van der Waals surface area contributed by atoms with Gasteiger partial charge < -0.3 is 14.5 Å². The lowest BCUT2D eigenvalue weighted by Gasteiger charge is -2.43. The Morgan fingerprint density at radius 2 is 2.17 bits per heavy atom. The number of rotatable bonds is 6. The minimum atomic E-state index is 0.314. The summed E-state index contributed by atoms with van der Waals surface area (Å²) < 4.78 is 11.6. The Labute approximate surface area is 143 Å². The van der Waals surface area contributed by atoms with E-state index in [0.717, 1.165) is 51.1 Å². The molecule has 2 saturated heterocycles. The molecule has 2 aliphatic heterocycles. The van der Waals surface area contributed by atoms with Gasteiger partial charge in [-0.1, -0.05) is 6.92 Å². The first-order chi connectivity index (χ1) is 11.3. The van der Waals surface area contributed by atoms with Crippen molar-refractivity contribution in [1.29, 1.82) is 0 Å². The fraction of sp³-hybridized carbons (Fsp3) is 0.778. The molecule has 1 aromatic heterocycles. The van der Waals surface area contributed by atoms with Crippen LogP contribution in [-0.2, 0) is 11.3 Å². The van der Waals surface area contributed by atoms with Crippen LogP contribution in [0.15, 0.2) is 16.5 Å². The summed E-state index contributed by atoms with van der Waals surface area (Å²) in [6.07, 6.45) is 2.57. The molecule has 1 N–H and O–H groups in total. The van der Waals surface area contributed by atoms with Crippen molar-refractivity contribution in [2.75, 3.05) is 44.4 Å². The van der Waals surface area contributed by atoms with E-state index in [0.29, 0.717) is 11.5 Å². The standard InChI is InChI=1S/C18H28N2O2S/c1-14-10-16(14)17-3-2-15(22-17)11-19-12-18(4-9-23-13-18)20-5-7-21-8-6-20/h2-3,14,16,19H,4-13H2,1H3. The molecule has 0 bridgehead atoms. The Balaban J connectivity index is 1.32. The van der Waals surface area contributed by atoms with Gasteiger partial charge in [0.05, 0.1) is 19.8 Å². The number of thioether (sulfide) groups is 1. The molecule has 5 heteroatoms. The predicted octanol–water partition coefficient (Wildman–Crippen LogP) is 2.70. The van der Waals surface area contributed by atoms with E-state index in [1.165, 1.54) is 30.1 Å². The quantitative estimate of drug-likeness (QED) is 0.864. The zero-order valence-corrected chi connectivity index (χ0v) is 14.9. The third kappa shape index (κ3) is 3.48. The van der Waals surface area contributed by atoms with Crippen LogP contribution in [0.4, 0.5) is 0 Å². The van der Waals surface area contributed by atoms with Gasteiger partial charge in [-0.2, -0.15) is 11.8 Å². The van der Waals surface area contributed by atoms with Crippen molar-refractivity contribution >= 4 is 11.8 Å². The van der Waals surface area contributed by atoms with Crippen molar-refractivity contribution in [3.05, 3.63) is 23.7 Å². The first-order valence-corrected chi connectivity index (χ1v) is 10.1. The molecule has 128 valence electrons. The van der Waals surface area contributed by atoms with Crippen molar-refractivity contribution in [2.24, 2.45) is 5.92 Å². The molecule has 3 heterocycles. The van der Waals surface area contributed by atoms with Crippen molar-refractivity contribution in [3.8, 4) is 0 Å². The van der Waals surface area contributed by atoms with Gasteiger partial charge in [0, 0.05) is 36.8 Å². The summed E-state index contributed by atoms with van der Waals surface area (Å²) in [6.45, 7) is 8.11. The molecule has 4 rings (SSSR count). The topological polar surface area (TPSA) is 37.6 Å². The second-order valence-electron chi connectivity index (χ2n) is 7.35. The highest BCUT2D eigenvalue weighted by atomic mass is 32.2. The van der Waals surface area contributed by atoms with Crippen LogP contribution in [0.1, 0.15) is 37.2 Å². The van der Waals surface area contributed by atoms with Gasteiger partial charge in [-0.3, -0.25) is 4.90 Å². The van der Waals surface area contributed by atoms with Crippen molar-refractivity contribution in [3.63, 3.8) is 0 Å². The third-order valence-electron chi connectivity index (χ3n) is 5.68. The first kappa shape index (κ1) is 16.0. The van der Waals surface area contributed by atoms with Crippen LogP contribution in [0.25, 0.3) is 0 Å². The highest BCUT2D eigenvalue weighted by molar-refractivity contribution is 7.99. The average Bonchev–Trinajstić information content (AvgIpc) is 2.99. The van der Waals surface area contributed by atoms with Gasteiger partial charge in [-0.25, -0.2) is 0 Å². The molecule has 23 heavy (non-hydrogen) atoms. The van der Waals surface area contributed by atoms with Crippen molar-refractivity contribution in [1.82, 2.24) is 10.2 Å². The van der Waals surface area contributed by atoms with Gasteiger partial charge in [0.15, 0.2) is 0 Å². The van der Waals surface area contributed by atoms with E-state index in [1.54, 1.807) is 0 Å². The van der Waals surface area contributed by atoms with Gasteiger partial charge >= 0.3 is 0 Å². The van der Waals surface area contributed by atoms with Crippen LogP contribution in [0.5, 0.6) is 0 Å². The summed E-state index contributed by atoms with van der Waals surface area (Å²) >= 11 is 2.09. The average molecular weight is 337 g/mol. The van der Waals surface area contributed by atoms with Gasteiger partial charge in [0.25, 0.3) is 0 Å². The molecule has 1 saturated carbocycles. The van der Waals surface area contributed by atoms with Crippen LogP contribution in [0, 0.1) is 5.92 Å². The Hall–Kier alpha value is -0.490. The SMILES string of the molecule is CC1CC1c1ccc(CNCC2(N3CCOCC3)CCSC2)o1. The lowest BCUT2D eigenvalue weighted by Crippen LogP contribution is -2.58. The van der Waals surface area contributed by atoms with Crippen LogP contribution in [-0.4, -0.2) is 54.8 Å². The maximum absolute atomic E-state index is 6.02. The summed E-state index contributed by atoms with van der Waals surface area (Å²) in [5.41, 5.74) is 0.314. The van der Waals surface area contributed by atoms with E-state index in [9.17, 15) is 0 Å². The number of hydrogen-bond acceptors (Lipinski definition) is 5. The van der Waals surface area contributed by atoms with E-state index < -0.39 is 0 Å². The molecule has 0 radical (unpaired) electrons. The van der Waals surface area contributed by atoms with E-state index in [1.807, 2.05) is 0 Å². The molecule has 3 atom stereocenters. The highest BCUT2D eigenvalue weighted by Crippen LogP contribution is 2.47. The minimum absolute atomic E-state index is 0.314. The summed E-state index contributed by atoms with van der Waals surface area (Å²) in [5, 5.41) is 3.68. The number of hydrogen-bond donors (Lipinski definition) is 1. The van der Waals surface area contributed by atoms with E-state index in [-0.39, 0.29) is 0 Å². The van der Waals surface area contributed by atoms with Gasteiger partial charge in [-0.15, -0.1) is 0 Å². The molecule has 0 spiro atoms. The smallest absolute Gasteiger partial charge is 0.117 e. The van der Waals surface area contributed by atoms with Gasteiger partial charge in [0.2, 0.25) is 0 Å². The number of nitrogens with zero attached hydrogens (tertiary/aromatic N) is 1. The Bertz CT molecular complexity index is 521. The predicted molar refractivity (Wildman–Crippen MR) is 94.0 cm³/mol. The maximum Gasteiger partial charge on any atom is 0.117 e. The summed E-state index contributed by atoms with van der Waals surface area (Å²) in [6, 6.07) is 4.33. The Morgan fingerprint density at radius 1 is 1.35 bits per heavy atom. The molecular formula is C18H28N2O2S. The highest BCUT2D eigenvalue weighted by Gasteiger charge is 2.40.